The number of methoxy groups -OCH3 is 1. The van der Waals surface area contributed by atoms with Crippen LogP contribution in [-0.2, 0) is 47.5 Å². The Kier molecular flexibility index (Phi) is 10.8. The summed E-state index contributed by atoms with van der Waals surface area (Å²) in [5.41, 5.74) is 0.239. The molecule has 3 fully saturated rings. The molecule has 10 atom stereocenters. The summed E-state index contributed by atoms with van der Waals surface area (Å²) in [5, 5.41) is 23.4. The molecule has 0 aromatic heterocycles. The summed E-state index contributed by atoms with van der Waals surface area (Å²) >= 11 is 0. The van der Waals surface area contributed by atoms with Gasteiger partial charge in [0.2, 0.25) is 0 Å². The molecule has 5 aliphatic rings. The lowest BCUT2D eigenvalue weighted by Crippen LogP contribution is -2.59. The highest BCUT2D eigenvalue weighted by atomic mass is 16.7. The van der Waals surface area contributed by atoms with Gasteiger partial charge < -0.3 is 43.4 Å². The van der Waals surface area contributed by atoms with Crippen LogP contribution in [0.3, 0.4) is 0 Å². The van der Waals surface area contributed by atoms with Gasteiger partial charge in [0.1, 0.15) is 36.4 Å². The molecule has 2 bridgehead atoms. The van der Waals surface area contributed by atoms with Crippen LogP contribution in [0.1, 0.15) is 72.6 Å². The van der Waals surface area contributed by atoms with E-state index in [0.717, 1.165) is 5.57 Å². The van der Waals surface area contributed by atoms with Gasteiger partial charge in [-0.25, -0.2) is 0 Å². The minimum absolute atomic E-state index is 0.00731. The smallest absolute Gasteiger partial charge is 0.316 e. The minimum Gasteiger partial charge on any atom is -0.466 e. The van der Waals surface area contributed by atoms with Crippen LogP contribution in [0.15, 0.2) is 34.9 Å². The number of fused-ring (bicyclic) bond motifs is 2. The normalized spacial score (nSPS) is 42.7. The average molecular weight is 649 g/mol. The molecule has 4 heterocycles. The molecule has 46 heavy (non-hydrogen) atoms. The van der Waals surface area contributed by atoms with E-state index in [0.29, 0.717) is 24.0 Å². The van der Waals surface area contributed by atoms with Gasteiger partial charge in [-0.3, -0.25) is 14.4 Å². The van der Waals surface area contributed by atoms with Gasteiger partial charge in [0, 0.05) is 51.6 Å². The van der Waals surface area contributed by atoms with E-state index in [2.05, 4.69) is 0 Å². The van der Waals surface area contributed by atoms with Crippen LogP contribution in [0, 0.1) is 11.8 Å². The van der Waals surface area contributed by atoms with E-state index in [1.165, 1.54) is 7.11 Å². The molecule has 0 amide bonds. The van der Waals surface area contributed by atoms with E-state index in [-0.39, 0.29) is 57.8 Å². The number of hydrogen-bond donors (Lipinski definition) is 2. The summed E-state index contributed by atoms with van der Waals surface area (Å²) in [5.74, 6) is -4.18. The summed E-state index contributed by atoms with van der Waals surface area (Å²) in [6, 6.07) is 0. The monoisotopic (exact) mass is 648 g/mol. The predicted octanol–water partition coefficient (Wildman–Crippen LogP) is 2.83. The first-order chi connectivity index (χ1) is 21.9. The Morgan fingerprint density at radius 2 is 1.83 bits per heavy atom. The number of carbonyl (C=O) groups excluding carboxylic acids is 3. The van der Waals surface area contributed by atoms with E-state index in [1.54, 1.807) is 12.2 Å². The number of hydrogen-bond acceptors (Lipinski definition) is 12. The Bertz CT molecular complexity index is 1260. The molecule has 0 unspecified atom stereocenters. The van der Waals surface area contributed by atoms with Crippen LogP contribution in [0.25, 0.3) is 0 Å². The van der Waals surface area contributed by atoms with Crippen molar-refractivity contribution in [1.29, 1.82) is 0 Å². The zero-order valence-electron chi connectivity index (χ0n) is 27.4. The zero-order valence-corrected chi connectivity index (χ0v) is 27.4. The maximum Gasteiger partial charge on any atom is 0.316 e. The largest absolute Gasteiger partial charge is 0.466 e. The molecule has 0 radical (unpaired) electrons. The van der Waals surface area contributed by atoms with Crippen molar-refractivity contribution in [3.63, 3.8) is 0 Å². The number of allylic oxidation sites excluding steroid dienone is 1. The van der Waals surface area contributed by atoms with Gasteiger partial charge in [-0.05, 0) is 50.0 Å². The fourth-order valence-electron chi connectivity index (χ4n) is 7.46. The molecular formula is C34H48O12. The maximum absolute atomic E-state index is 14.1. The Morgan fingerprint density at radius 1 is 1.09 bits per heavy atom. The Labute approximate surface area is 270 Å². The summed E-state index contributed by atoms with van der Waals surface area (Å²) in [6.45, 7) is 7.51. The van der Waals surface area contributed by atoms with Crippen molar-refractivity contribution >= 4 is 17.9 Å². The van der Waals surface area contributed by atoms with Crippen LogP contribution in [0.2, 0.25) is 0 Å². The van der Waals surface area contributed by atoms with E-state index in [4.69, 9.17) is 33.2 Å². The first kappa shape index (κ1) is 34.7. The molecular weight excluding hydrogens is 600 g/mol. The summed E-state index contributed by atoms with van der Waals surface area (Å²) in [7, 11) is 1.51. The second kappa shape index (κ2) is 14.2. The van der Waals surface area contributed by atoms with Crippen molar-refractivity contribution in [2.75, 3.05) is 26.9 Å². The molecule has 12 nitrogen and oxygen atoms in total. The number of esters is 3. The van der Waals surface area contributed by atoms with Crippen molar-refractivity contribution in [2.45, 2.75) is 121 Å². The SMILES string of the molecule is C/C=C(\C)[C@H]1O[C@@]2(C[C@@H]3C[C@@H](CCOC(=O)CCCC(=O)OC/C=C4\CO[C@@H]5[C@H](OC)C(C)=C[C@@H](C(=O)O3)[C@]45O)O2)C[C@H](O)[C@@H]1C. The van der Waals surface area contributed by atoms with Crippen molar-refractivity contribution in [3.05, 3.63) is 34.9 Å². The Balaban J connectivity index is 1.48. The van der Waals surface area contributed by atoms with Crippen molar-refractivity contribution in [1.82, 2.24) is 0 Å². The average Bonchev–Trinajstić information content (AvgIpc) is 3.34. The topological polar surface area (TPSA) is 156 Å². The standard InChI is InChI=1S/C34H48O12/c1-6-19(2)29-21(4)26(35)17-33(46-29)16-24-15-23(45-33)11-13-42-28(37)9-7-8-27(36)41-12-10-22-18-43-31-30(40-5)20(3)14-25(32(38)44-24)34(22,31)39/h6,10,14,21,23-26,29-31,35,39H,7-9,11-13,15-18H2,1-5H3/b19-6+,22-10+/t21-,23+,24-,25-,26-,29+,30+,31+,33-,34+/m0/s1. The highest BCUT2D eigenvalue weighted by Crippen LogP contribution is 2.48. The van der Waals surface area contributed by atoms with Crippen LogP contribution < -0.4 is 0 Å². The quantitative estimate of drug-likeness (QED) is 0.257. The van der Waals surface area contributed by atoms with Crippen molar-refractivity contribution < 1.29 is 57.8 Å². The number of cyclic esters (lactones) is 2. The third-order valence-corrected chi connectivity index (χ3v) is 10.1. The second-order valence-corrected chi connectivity index (χ2v) is 13.2. The van der Waals surface area contributed by atoms with Crippen molar-refractivity contribution in [3.8, 4) is 0 Å². The van der Waals surface area contributed by atoms with Gasteiger partial charge in [0.05, 0.1) is 31.5 Å². The zero-order chi connectivity index (χ0) is 33.2. The van der Waals surface area contributed by atoms with Crippen LogP contribution in [0.5, 0.6) is 0 Å². The first-order valence-corrected chi connectivity index (χ1v) is 16.3. The highest BCUT2D eigenvalue weighted by molar-refractivity contribution is 5.78. The van der Waals surface area contributed by atoms with Crippen LogP contribution >= 0.6 is 0 Å². The molecule has 0 aromatic rings. The second-order valence-electron chi connectivity index (χ2n) is 13.2. The van der Waals surface area contributed by atoms with Crippen LogP contribution in [-0.4, -0.2) is 103 Å². The van der Waals surface area contributed by atoms with Crippen LogP contribution in [0.4, 0.5) is 0 Å². The van der Waals surface area contributed by atoms with Gasteiger partial charge >= 0.3 is 17.9 Å². The third kappa shape index (κ3) is 6.97. The van der Waals surface area contributed by atoms with Gasteiger partial charge in [-0.15, -0.1) is 0 Å². The molecule has 4 aliphatic heterocycles. The van der Waals surface area contributed by atoms with Gasteiger partial charge in [0.15, 0.2) is 5.79 Å². The summed E-state index contributed by atoms with van der Waals surface area (Å²) < 4.78 is 41.8. The lowest BCUT2D eigenvalue weighted by molar-refractivity contribution is -0.344. The Morgan fingerprint density at radius 3 is 2.54 bits per heavy atom. The number of aliphatic hydroxyl groups excluding tert-OH is 1. The van der Waals surface area contributed by atoms with Gasteiger partial charge in [0.25, 0.3) is 0 Å². The fourth-order valence-corrected chi connectivity index (χ4v) is 7.46. The van der Waals surface area contributed by atoms with Gasteiger partial charge in [-0.1, -0.05) is 19.1 Å². The van der Waals surface area contributed by atoms with E-state index >= 15 is 0 Å². The first-order valence-electron chi connectivity index (χ1n) is 16.3. The Hall–Kier alpha value is -2.61. The predicted molar refractivity (Wildman–Crippen MR) is 162 cm³/mol. The number of aliphatic hydroxyl groups is 2. The number of rotatable bonds is 2. The number of carbonyl (C=O) groups is 3. The molecule has 0 aromatic carbocycles. The van der Waals surface area contributed by atoms with E-state index < -0.39 is 71.8 Å². The van der Waals surface area contributed by atoms with Crippen molar-refractivity contribution in [2.24, 2.45) is 11.8 Å². The van der Waals surface area contributed by atoms with E-state index in [1.807, 2.05) is 33.8 Å². The molecule has 2 N–H and O–H groups in total. The maximum atomic E-state index is 14.1. The summed E-state index contributed by atoms with van der Waals surface area (Å²) in [4.78, 5) is 38.8. The lowest BCUT2D eigenvalue weighted by atomic mass is 9.71. The van der Waals surface area contributed by atoms with E-state index in [9.17, 15) is 24.6 Å². The highest BCUT2D eigenvalue weighted by Gasteiger charge is 2.60. The molecule has 1 spiro atoms. The summed E-state index contributed by atoms with van der Waals surface area (Å²) in [6.07, 6.45) is 2.55. The van der Waals surface area contributed by atoms with Gasteiger partial charge in [-0.2, -0.15) is 0 Å². The molecule has 0 saturated carbocycles. The molecule has 12 heteroatoms. The minimum atomic E-state index is -1.81. The fraction of sp³-hybridized carbons (Fsp3) is 0.735. The molecule has 5 rings (SSSR count). The molecule has 1 aliphatic carbocycles. The number of ether oxygens (including phenoxy) is 7. The molecule has 3 saturated heterocycles. The molecule has 256 valence electrons. The third-order valence-electron chi connectivity index (χ3n) is 10.1. The lowest BCUT2D eigenvalue weighted by Gasteiger charge is -2.51.